The van der Waals surface area contributed by atoms with Gasteiger partial charge in [0, 0.05) is 114 Å². The molecule has 0 unspecified atom stereocenters. The highest BCUT2D eigenvalue weighted by Gasteiger charge is 2.29. The van der Waals surface area contributed by atoms with Crippen LogP contribution in [0.1, 0.15) is 104 Å². The van der Waals surface area contributed by atoms with Crippen molar-refractivity contribution in [2.45, 2.75) is 121 Å². The predicted octanol–water partition coefficient (Wildman–Crippen LogP) is 11.0. The molecule has 3 saturated heterocycles. The number of nitrogens with two attached hydrogens (primary N) is 1. The Morgan fingerprint density at radius 3 is 1.17 bits per heavy atom. The zero-order valence-corrected chi connectivity index (χ0v) is 47.6. The fraction of sp³-hybridized carbons (Fsp3) is 0.611. The van der Waals surface area contributed by atoms with E-state index in [0.717, 1.165) is 56.1 Å². The highest BCUT2D eigenvalue weighted by Crippen LogP contribution is 2.26. The highest BCUT2D eigenvalue weighted by atomic mass is 19.1. The molecule has 0 saturated carbocycles. The number of anilines is 3. The minimum absolute atomic E-state index is 0. The van der Waals surface area contributed by atoms with E-state index in [0.29, 0.717) is 64.1 Å². The molecule has 0 aromatic heterocycles. The van der Waals surface area contributed by atoms with Gasteiger partial charge in [-0.1, -0.05) is 42.0 Å². The van der Waals surface area contributed by atoms with Crippen LogP contribution in [0.25, 0.3) is 0 Å². The Labute approximate surface area is 459 Å². The van der Waals surface area contributed by atoms with Gasteiger partial charge in [-0.15, -0.1) is 0 Å². The topological polar surface area (TPSA) is 223 Å². The maximum atomic E-state index is 13.7. The maximum absolute atomic E-state index is 13.7. The molecule has 0 bridgehead atoms. The second kappa shape index (κ2) is 34.2. The summed E-state index contributed by atoms with van der Waals surface area (Å²) in [6.45, 7) is 38.3. The molecule has 3 aromatic carbocycles. The molecule has 78 heavy (non-hydrogen) atoms. The summed E-state index contributed by atoms with van der Waals surface area (Å²) in [5, 5.41) is 23.8. The van der Waals surface area contributed by atoms with Crippen molar-refractivity contribution in [2.75, 3.05) is 114 Å². The minimum atomic E-state index is -1.16. The molecular formula is C54H88F4N10O10. The van der Waals surface area contributed by atoms with Gasteiger partial charge in [-0.3, -0.25) is 20.2 Å². The predicted molar refractivity (Wildman–Crippen MR) is 299 cm³/mol. The first-order valence-electron chi connectivity index (χ1n) is 25.8. The Balaban J connectivity index is 0.000000989. The number of nitro groups is 2. The van der Waals surface area contributed by atoms with Gasteiger partial charge in [0.25, 0.3) is 0 Å². The summed E-state index contributed by atoms with van der Waals surface area (Å²) < 4.78 is 67.6. The summed E-state index contributed by atoms with van der Waals surface area (Å²) in [5.74, 6) is -3.26. The Morgan fingerprint density at radius 1 is 0.551 bits per heavy atom. The number of ether oxygens (including phenoxy) is 3. The number of benzene rings is 3. The quantitative estimate of drug-likeness (QED) is 0.0738. The van der Waals surface area contributed by atoms with Gasteiger partial charge in [-0.05, 0) is 112 Å². The van der Waals surface area contributed by atoms with Crippen LogP contribution in [0.5, 0.6) is 0 Å². The van der Waals surface area contributed by atoms with Crippen molar-refractivity contribution in [3.05, 3.63) is 98.1 Å². The van der Waals surface area contributed by atoms with Crippen LogP contribution in [-0.4, -0.2) is 163 Å². The lowest BCUT2D eigenvalue weighted by atomic mass is 10.2. The second-order valence-electron chi connectivity index (χ2n) is 20.2. The minimum Gasteiger partial charge on any atom is -0.444 e. The molecule has 20 nitrogen and oxygen atoms in total. The molecule has 0 aliphatic carbocycles. The van der Waals surface area contributed by atoms with E-state index in [1.165, 1.54) is 31.8 Å². The summed E-state index contributed by atoms with van der Waals surface area (Å²) in [7, 11) is 0. The molecule has 3 aromatic rings. The molecule has 3 aliphatic rings. The third-order valence-corrected chi connectivity index (χ3v) is 10.9. The monoisotopic (exact) mass is 1110 g/mol. The van der Waals surface area contributed by atoms with Crippen molar-refractivity contribution >= 4 is 46.7 Å². The SMILES string of the molecule is C.CC.CC(C)(C)OC(=O)N1CCN(c2ccc(N)c(F)c2)CC1.CC(C)(C)OC(=O)N1CCN(c2ccc([N+](=O)[O-])c(F)c2)CC1.CC(C)(C)OC(=O)N1CCNCC1.CCN(CC)CC.O=[N+]([O-])c1ccc(F)cc1F. The molecule has 3 N–H and O–H groups in total. The van der Waals surface area contributed by atoms with Crippen molar-refractivity contribution in [1.29, 1.82) is 0 Å². The fourth-order valence-corrected chi connectivity index (χ4v) is 6.97. The van der Waals surface area contributed by atoms with Crippen molar-refractivity contribution in [3.8, 4) is 0 Å². The highest BCUT2D eigenvalue weighted by molar-refractivity contribution is 5.70. The van der Waals surface area contributed by atoms with Crippen LogP contribution in [-0.2, 0) is 14.2 Å². The number of nitrogen functional groups attached to an aromatic ring is 1. The normalized spacial score (nSPS) is 14.3. The lowest BCUT2D eigenvalue weighted by molar-refractivity contribution is -0.387. The third-order valence-electron chi connectivity index (χ3n) is 10.9. The number of hydrogen-bond donors (Lipinski definition) is 2. The Hall–Kier alpha value is -6.69. The van der Waals surface area contributed by atoms with E-state index >= 15 is 0 Å². The van der Waals surface area contributed by atoms with E-state index in [4.69, 9.17) is 19.9 Å². The number of carbonyl (C=O) groups is 3. The molecule has 6 rings (SSSR count). The fourth-order valence-electron chi connectivity index (χ4n) is 6.97. The van der Waals surface area contributed by atoms with Crippen molar-refractivity contribution in [1.82, 2.24) is 24.9 Å². The maximum Gasteiger partial charge on any atom is 0.410 e. The van der Waals surface area contributed by atoms with Gasteiger partial charge in [0.1, 0.15) is 28.4 Å². The number of nitrogens with zero attached hydrogens (tertiary/aromatic N) is 8. The molecule has 3 heterocycles. The number of rotatable bonds is 7. The zero-order valence-electron chi connectivity index (χ0n) is 47.6. The van der Waals surface area contributed by atoms with Gasteiger partial charge in [0.05, 0.1) is 15.5 Å². The van der Waals surface area contributed by atoms with E-state index in [1.54, 1.807) is 47.6 Å². The van der Waals surface area contributed by atoms with Crippen LogP contribution < -0.4 is 20.9 Å². The first-order valence-corrected chi connectivity index (χ1v) is 25.8. The Morgan fingerprint density at radius 2 is 0.872 bits per heavy atom. The number of amides is 3. The summed E-state index contributed by atoms with van der Waals surface area (Å²) in [4.78, 5) is 65.7. The first-order chi connectivity index (χ1) is 35.9. The third kappa shape index (κ3) is 27.1. The average Bonchev–Trinajstić information content (AvgIpc) is 3.35. The average molecular weight is 1110 g/mol. The van der Waals surface area contributed by atoms with E-state index in [2.05, 4.69) is 31.0 Å². The number of carbonyl (C=O) groups excluding carboxylic acids is 3. The van der Waals surface area contributed by atoms with E-state index in [9.17, 15) is 52.2 Å². The number of nitrogens with one attached hydrogen (secondary N) is 1. The molecule has 3 fully saturated rings. The molecular weight excluding hydrogens is 1020 g/mol. The van der Waals surface area contributed by atoms with Gasteiger partial charge in [0.15, 0.2) is 0 Å². The standard InChI is InChI=1S/C15H20FN3O4.C15H22FN3O2.C9H18N2O2.C6H3F2NO2.C6H15N.C2H6.CH4/c1-15(2,3)23-14(20)18-8-6-17(7-9-18)11-4-5-13(19(21)22)12(16)10-11;1-15(2,3)21-14(20)19-8-6-18(7-9-19)11-4-5-13(17)12(16)10-11;1-9(2,3)13-8(12)11-6-4-10-5-7-11;7-4-1-2-6(9(10)11)5(8)3-4;1-4-7(5-2)6-3;1-2;/h4-5,10H,6-9H2,1-3H3;4-5,10H,6-9,17H2,1-3H3;10H,4-7H2,1-3H3;1-3H;4-6H2,1-3H3;1-2H3;1H4. The number of piperazine rings is 3. The van der Waals surface area contributed by atoms with E-state index < -0.39 is 55.7 Å². The molecule has 3 aliphatic heterocycles. The van der Waals surface area contributed by atoms with Crippen LogP contribution in [0, 0.1) is 43.5 Å². The molecule has 0 atom stereocenters. The van der Waals surface area contributed by atoms with Crippen molar-refractivity contribution < 1.29 is 56.0 Å². The molecule has 3 amide bonds. The molecule has 0 spiro atoms. The van der Waals surface area contributed by atoms with Gasteiger partial charge in [-0.25, -0.2) is 23.2 Å². The van der Waals surface area contributed by atoms with E-state index in [1.807, 2.05) is 65.2 Å². The van der Waals surface area contributed by atoms with Crippen LogP contribution >= 0.6 is 0 Å². The van der Waals surface area contributed by atoms with Crippen LogP contribution in [0.15, 0.2) is 54.6 Å². The van der Waals surface area contributed by atoms with E-state index in [-0.39, 0.29) is 37.0 Å². The summed E-state index contributed by atoms with van der Waals surface area (Å²) in [6.07, 6.45) is -0.869. The van der Waals surface area contributed by atoms with Crippen LogP contribution in [0.4, 0.5) is 60.4 Å². The second-order valence-corrected chi connectivity index (χ2v) is 20.2. The summed E-state index contributed by atoms with van der Waals surface area (Å²) >= 11 is 0. The number of halogens is 4. The zero-order chi connectivity index (χ0) is 58.8. The van der Waals surface area contributed by atoms with Crippen molar-refractivity contribution in [2.24, 2.45) is 0 Å². The largest absolute Gasteiger partial charge is 0.444 e. The molecule has 442 valence electrons. The number of nitro benzene ring substituents is 2. The smallest absolute Gasteiger partial charge is 0.410 e. The first kappa shape index (κ1) is 71.3. The lowest BCUT2D eigenvalue weighted by Gasteiger charge is -2.36. The Bertz CT molecular complexity index is 2300. The number of hydrogen-bond acceptors (Lipinski definition) is 15. The Kier molecular flexibility index (Phi) is 31.3. The summed E-state index contributed by atoms with van der Waals surface area (Å²) in [6, 6.07) is 10.7. The molecule has 0 radical (unpaired) electrons. The molecule has 24 heteroatoms. The van der Waals surface area contributed by atoms with Gasteiger partial charge in [0.2, 0.25) is 11.6 Å². The van der Waals surface area contributed by atoms with Crippen LogP contribution in [0.2, 0.25) is 0 Å². The van der Waals surface area contributed by atoms with Crippen molar-refractivity contribution in [3.63, 3.8) is 0 Å². The van der Waals surface area contributed by atoms with Gasteiger partial charge < -0.3 is 54.7 Å². The van der Waals surface area contributed by atoms with Gasteiger partial charge >= 0.3 is 29.7 Å². The van der Waals surface area contributed by atoms with Crippen LogP contribution in [0.3, 0.4) is 0 Å². The summed E-state index contributed by atoms with van der Waals surface area (Å²) in [5.41, 5.74) is 4.29. The lowest BCUT2D eigenvalue weighted by Crippen LogP contribution is -2.50. The van der Waals surface area contributed by atoms with Gasteiger partial charge in [-0.2, -0.15) is 8.78 Å².